The van der Waals surface area contributed by atoms with Crippen LogP contribution in [0.2, 0.25) is 0 Å². The van der Waals surface area contributed by atoms with Crippen molar-refractivity contribution in [3.8, 4) is 0 Å². The summed E-state index contributed by atoms with van der Waals surface area (Å²) < 4.78 is 5.37. The van der Waals surface area contributed by atoms with E-state index in [1.807, 2.05) is 13.8 Å². The molecule has 1 rings (SSSR count). The summed E-state index contributed by atoms with van der Waals surface area (Å²) in [5, 5.41) is 9.02. The van der Waals surface area contributed by atoms with Crippen molar-refractivity contribution in [3.05, 3.63) is 0 Å². The van der Waals surface area contributed by atoms with Crippen molar-refractivity contribution in [2.45, 2.75) is 26.1 Å². The van der Waals surface area contributed by atoms with Gasteiger partial charge in [-0.05, 0) is 13.8 Å². The minimum absolute atomic E-state index is 0.211. The lowest BCUT2D eigenvalue weighted by Gasteiger charge is -2.39. The van der Waals surface area contributed by atoms with Gasteiger partial charge >= 0.3 is 0 Å². The van der Waals surface area contributed by atoms with Gasteiger partial charge in [0.15, 0.2) is 0 Å². The second-order valence-electron chi connectivity index (χ2n) is 3.14. The molecule has 0 aromatic rings. The number of hydrogen-bond acceptors (Lipinski definition) is 3. The van der Waals surface area contributed by atoms with Crippen LogP contribution in [0.15, 0.2) is 0 Å². The summed E-state index contributed by atoms with van der Waals surface area (Å²) in [6.07, 6.45) is 0.205. The Kier molecular flexibility index (Phi) is 3.30. The maximum Gasteiger partial charge on any atom is 0.0828 e. The maximum absolute atomic E-state index is 9.02. The van der Waals surface area contributed by atoms with Gasteiger partial charge in [-0.2, -0.15) is 0 Å². The maximum atomic E-state index is 9.02. The molecule has 0 unspecified atom stereocenters. The number of aliphatic hydroxyl groups is 1. The Labute approximate surface area is 68.0 Å². The largest absolute Gasteiger partial charge is 0.392 e. The van der Waals surface area contributed by atoms with Gasteiger partial charge < -0.3 is 9.84 Å². The molecule has 0 saturated carbocycles. The molecule has 1 fully saturated rings. The monoisotopic (exact) mass is 159 g/mol. The summed E-state index contributed by atoms with van der Waals surface area (Å²) in [5.74, 6) is 0. The Morgan fingerprint density at radius 2 is 2.27 bits per heavy atom. The van der Waals surface area contributed by atoms with Crippen LogP contribution >= 0.6 is 0 Å². The van der Waals surface area contributed by atoms with E-state index in [1.54, 1.807) is 0 Å². The minimum Gasteiger partial charge on any atom is -0.392 e. The fourth-order valence-electron chi connectivity index (χ4n) is 1.39. The molecule has 11 heavy (non-hydrogen) atoms. The minimum atomic E-state index is -0.211. The van der Waals surface area contributed by atoms with Gasteiger partial charge in [0.25, 0.3) is 0 Å². The Morgan fingerprint density at radius 3 is 2.73 bits per heavy atom. The smallest absolute Gasteiger partial charge is 0.0828 e. The van der Waals surface area contributed by atoms with Gasteiger partial charge in [0.2, 0.25) is 0 Å². The van der Waals surface area contributed by atoms with Gasteiger partial charge in [0.05, 0.1) is 12.2 Å². The van der Waals surface area contributed by atoms with Crippen LogP contribution in [-0.2, 0) is 4.74 Å². The summed E-state index contributed by atoms with van der Waals surface area (Å²) in [7, 11) is 0. The van der Waals surface area contributed by atoms with E-state index in [0.717, 1.165) is 26.2 Å². The zero-order valence-electron chi connectivity index (χ0n) is 7.29. The fourth-order valence-corrected chi connectivity index (χ4v) is 1.39. The summed E-state index contributed by atoms with van der Waals surface area (Å²) >= 11 is 0. The summed E-state index contributed by atoms with van der Waals surface area (Å²) in [4.78, 5) is 2.20. The van der Waals surface area contributed by atoms with Gasteiger partial charge in [-0.25, -0.2) is 0 Å². The van der Waals surface area contributed by atoms with Crippen molar-refractivity contribution >= 4 is 0 Å². The predicted molar refractivity (Wildman–Crippen MR) is 43.5 cm³/mol. The van der Waals surface area contributed by atoms with Crippen LogP contribution in [0.1, 0.15) is 13.8 Å². The second kappa shape index (κ2) is 4.04. The average Bonchev–Trinajstić information content (AvgIpc) is 1.82. The van der Waals surface area contributed by atoms with Crippen molar-refractivity contribution in [2.24, 2.45) is 0 Å². The molecule has 1 atom stereocenters. The van der Waals surface area contributed by atoms with Crippen molar-refractivity contribution in [1.82, 2.24) is 4.90 Å². The number of nitrogens with zero attached hydrogens (tertiary/aromatic N) is 1. The Balaban J connectivity index is 2.00. The molecule has 0 spiro atoms. The van der Waals surface area contributed by atoms with E-state index >= 15 is 0 Å². The van der Waals surface area contributed by atoms with Crippen LogP contribution in [0, 0.1) is 0 Å². The van der Waals surface area contributed by atoms with E-state index in [9.17, 15) is 0 Å². The third-order valence-electron chi connectivity index (χ3n) is 1.85. The van der Waals surface area contributed by atoms with Crippen LogP contribution in [0.5, 0.6) is 0 Å². The lowest BCUT2D eigenvalue weighted by atomic mass is 10.1. The van der Waals surface area contributed by atoms with Crippen LogP contribution in [0.25, 0.3) is 0 Å². The summed E-state index contributed by atoms with van der Waals surface area (Å²) in [6, 6.07) is 0. The Morgan fingerprint density at radius 1 is 1.64 bits per heavy atom. The van der Waals surface area contributed by atoms with Crippen molar-refractivity contribution in [3.63, 3.8) is 0 Å². The summed E-state index contributed by atoms with van der Waals surface area (Å²) in [6.45, 7) is 7.37. The number of rotatable bonds is 4. The van der Waals surface area contributed by atoms with Gasteiger partial charge in [-0.1, -0.05) is 0 Å². The molecule has 0 bridgehead atoms. The first-order valence-electron chi connectivity index (χ1n) is 4.24. The zero-order chi connectivity index (χ0) is 8.27. The highest BCUT2D eigenvalue weighted by molar-refractivity contribution is 4.81. The standard InChI is InChI=1S/C8H17NO2/c1-3-11-8-5-9(6-8)4-7(2)10/h7-8,10H,3-6H2,1-2H3/t7-/m1/s1. The lowest BCUT2D eigenvalue weighted by molar-refractivity contribution is -0.0610. The number of β-amino-alcohol motifs (C(OH)–C–C–N with tert-alkyl or cyclic N) is 1. The molecule has 1 N–H and O–H groups in total. The first-order chi connectivity index (χ1) is 5.22. The van der Waals surface area contributed by atoms with E-state index in [4.69, 9.17) is 9.84 Å². The average molecular weight is 159 g/mol. The molecular formula is C8H17NO2. The third-order valence-corrected chi connectivity index (χ3v) is 1.85. The molecule has 1 saturated heterocycles. The van der Waals surface area contributed by atoms with Gasteiger partial charge in [0, 0.05) is 26.2 Å². The number of aliphatic hydroxyl groups excluding tert-OH is 1. The van der Waals surface area contributed by atoms with Crippen LogP contribution < -0.4 is 0 Å². The van der Waals surface area contributed by atoms with Crippen molar-refractivity contribution in [1.29, 1.82) is 0 Å². The van der Waals surface area contributed by atoms with Crippen molar-refractivity contribution in [2.75, 3.05) is 26.2 Å². The number of hydrogen-bond donors (Lipinski definition) is 1. The van der Waals surface area contributed by atoms with E-state index < -0.39 is 0 Å². The summed E-state index contributed by atoms with van der Waals surface area (Å²) in [5.41, 5.74) is 0. The first-order valence-corrected chi connectivity index (χ1v) is 4.24. The van der Waals surface area contributed by atoms with E-state index in [1.165, 1.54) is 0 Å². The van der Waals surface area contributed by atoms with E-state index in [0.29, 0.717) is 6.10 Å². The third kappa shape index (κ3) is 2.77. The molecule has 0 radical (unpaired) electrons. The molecular weight excluding hydrogens is 142 g/mol. The topological polar surface area (TPSA) is 32.7 Å². The van der Waals surface area contributed by atoms with Crippen molar-refractivity contribution < 1.29 is 9.84 Å². The van der Waals surface area contributed by atoms with Crippen LogP contribution in [-0.4, -0.2) is 48.5 Å². The molecule has 0 aromatic heterocycles. The molecule has 1 aliphatic rings. The van der Waals surface area contributed by atoms with Crippen LogP contribution in [0.3, 0.4) is 0 Å². The van der Waals surface area contributed by atoms with E-state index in [-0.39, 0.29) is 6.10 Å². The molecule has 1 aliphatic heterocycles. The molecule has 0 aliphatic carbocycles. The molecule has 0 amide bonds. The highest BCUT2D eigenvalue weighted by atomic mass is 16.5. The molecule has 66 valence electrons. The van der Waals surface area contributed by atoms with Gasteiger partial charge in [0.1, 0.15) is 0 Å². The fraction of sp³-hybridized carbons (Fsp3) is 1.00. The highest BCUT2D eigenvalue weighted by Crippen LogP contribution is 2.11. The normalized spacial score (nSPS) is 23.2. The molecule has 3 heteroatoms. The van der Waals surface area contributed by atoms with E-state index in [2.05, 4.69) is 4.90 Å². The van der Waals surface area contributed by atoms with Gasteiger partial charge in [-0.15, -0.1) is 0 Å². The second-order valence-corrected chi connectivity index (χ2v) is 3.14. The Hall–Kier alpha value is -0.120. The first kappa shape index (κ1) is 8.97. The van der Waals surface area contributed by atoms with Crippen LogP contribution in [0.4, 0.5) is 0 Å². The highest BCUT2D eigenvalue weighted by Gasteiger charge is 2.27. The molecule has 1 heterocycles. The zero-order valence-corrected chi connectivity index (χ0v) is 7.29. The number of likely N-dealkylation sites (tertiary alicyclic amines) is 1. The number of ether oxygens (including phenoxy) is 1. The predicted octanol–water partition coefficient (Wildman–Crippen LogP) is 0.0879. The SMILES string of the molecule is CCOC1CN(C[C@@H](C)O)C1. The Bertz CT molecular complexity index is 111. The molecule has 3 nitrogen and oxygen atoms in total. The van der Waals surface area contributed by atoms with Gasteiger partial charge in [-0.3, -0.25) is 4.90 Å². The molecule has 0 aromatic carbocycles. The lowest BCUT2D eigenvalue weighted by Crippen LogP contribution is -2.54. The quantitative estimate of drug-likeness (QED) is 0.631.